The first-order chi connectivity index (χ1) is 9.08. The van der Waals surface area contributed by atoms with Crippen molar-refractivity contribution >= 4 is 11.6 Å². The van der Waals surface area contributed by atoms with E-state index in [-0.39, 0.29) is 6.04 Å². The van der Waals surface area contributed by atoms with Crippen LogP contribution in [-0.4, -0.2) is 6.61 Å². The molecule has 0 bridgehead atoms. The van der Waals surface area contributed by atoms with Gasteiger partial charge in [0.25, 0.3) is 0 Å². The van der Waals surface area contributed by atoms with Gasteiger partial charge < -0.3 is 10.5 Å². The van der Waals surface area contributed by atoms with Crippen molar-refractivity contribution in [2.75, 3.05) is 6.61 Å². The molecule has 108 valence electrons. The molecule has 0 aliphatic rings. The molecule has 19 heavy (non-hydrogen) atoms. The Kier molecular flexibility index (Phi) is 7.25. The number of ether oxygens (including phenoxy) is 1. The van der Waals surface area contributed by atoms with Crippen LogP contribution in [0.4, 0.5) is 0 Å². The lowest BCUT2D eigenvalue weighted by atomic mass is 10.0. The molecular formula is C16H26ClNO. The first kappa shape index (κ1) is 16.3. The van der Waals surface area contributed by atoms with Crippen LogP contribution in [0.5, 0.6) is 5.75 Å². The van der Waals surface area contributed by atoms with Crippen LogP contribution in [0.3, 0.4) is 0 Å². The van der Waals surface area contributed by atoms with Crippen molar-refractivity contribution < 1.29 is 4.74 Å². The average molecular weight is 284 g/mol. The Morgan fingerprint density at radius 3 is 2.58 bits per heavy atom. The van der Waals surface area contributed by atoms with Crippen LogP contribution in [0.1, 0.15) is 58.1 Å². The quantitative estimate of drug-likeness (QED) is 0.732. The second-order valence-corrected chi connectivity index (χ2v) is 5.61. The van der Waals surface area contributed by atoms with Gasteiger partial charge in [0.2, 0.25) is 0 Å². The molecule has 0 spiro atoms. The summed E-state index contributed by atoms with van der Waals surface area (Å²) in [4.78, 5) is 0. The van der Waals surface area contributed by atoms with Crippen LogP contribution in [0.15, 0.2) is 18.2 Å². The van der Waals surface area contributed by atoms with Gasteiger partial charge in [0.15, 0.2) is 0 Å². The van der Waals surface area contributed by atoms with E-state index in [2.05, 4.69) is 13.8 Å². The molecule has 0 saturated carbocycles. The van der Waals surface area contributed by atoms with Crippen molar-refractivity contribution in [1.29, 1.82) is 0 Å². The SMILES string of the molecule is CCCCC(CC)COc1ccc([C@H](C)N)cc1Cl. The number of hydrogen-bond acceptors (Lipinski definition) is 2. The van der Waals surface area contributed by atoms with E-state index in [1.165, 1.54) is 19.3 Å². The molecule has 0 aliphatic carbocycles. The maximum Gasteiger partial charge on any atom is 0.137 e. The highest BCUT2D eigenvalue weighted by atomic mass is 35.5. The van der Waals surface area contributed by atoms with E-state index in [0.29, 0.717) is 10.9 Å². The molecule has 2 atom stereocenters. The topological polar surface area (TPSA) is 35.2 Å². The molecule has 0 radical (unpaired) electrons. The van der Waals surface area contributed by atoms with Crippen molar-refractivity contribution in [2.45, 2.75) is 52.5 Å². The van der Waals surface area contributed by atoms with E-state index < -0.39 is 0 Å². The largest absolute Gasteiger partial charge is 0.492 e. The van der Waals surface area contributed by atoms with Gasteiger partial charge in [-0.2, -0.15) is 0 Å². The van der Waals surface area contributed by atoms with Crippen molar-refractivity contribution in [3.05, 3.63) is 28.8 Å². The first-order valence-electron chi connectivity index (χ1n) is 7.26. The highest BCUT2D eigenvalue weighted by Gasteiger charge is 2.10. The van der Waals surface area contributed by atoms with E-state index in [0.717, 1.165) is 24.3 Å². The number of unbranched alkanes of at least 4 members (excludes halogenated alkanes) is 1. The molecule has 0 aliphatic heterocycles. The van der Waals surface area contributed by atoms with Gasteiger partial charge in [-0.1, -0.05) is 50.8 Å². The van der Waals surface area contributed by atoms with Crippen LogP contribution in [0.25, 0.3) is 0 Å². The van der Waals surface area contributed by atoms with Gasteiger partial charge in [0.05, 0.1) is 11.6 Å². The molecule has 2 nitrogen and oxygen atoms in total. The highest BCUT2D eigenvalue weighted by molar-refractivity contribution is 6.32. The molecule has 1 aromatic rings. The third kappa shape index (κ3) is 5.42. The summed E-state index contributed by atoms with van der Waals surface area (Å²) < 4.78 is 5.85. The zero-order valence-corrected chi connectivity index (χ0v) is 13.0. The first-order valence-corrected chi connectivity index (χ1v) is 7.64. The lowest BCUT2D eigenvalue weighted by Crippen LogP contribution is -2.12. The zero-order valence-electron chi connectivity index (χ0n) is 12.3. The van der Waals surface area contributed by atoms with Crippen LogP contribution in [-0.2, 0) is 0 Å². The summed E-state index contributed by atoms with van der Waals surface area (Å²) >= 11 is 6.22. The smallest absolute Gasteiger partial charge is 0.137 e. The summed E-state index contributed by atoms with van der Waals surface area (Å²) in [7, 11) is 0. The van der Waals surface area contributed by atoms with Gasteiger partial charge >= 0.3 is 0 Å². The Hall–Kier alpha value is -0.730. The minimum absolute atomic E-state index is 0.000468. The average Bonchev–Trinajstić information content (AvgIpc) is 2.40. The Morgan fingerprint density at radius 1 is 1.32 bits per heavy atom. The maximum atomic E-state index is 6.22. The van der Waals surface area contributed by atoms with Gasteiger partial charge in [0, 0.05) is 6.04 Å². The lowest BCUT2D eigenvalue weighted by Gasteiger charge is -2.17. The Bertz CT molecular complexity index is 379. The predicted molar refractivity (Wildman–Crippen MR) is 82.9 cm³/mol. The maximum absolute atomic E-state index is 6.22. The van der Waals surface area contributed by atoms with Crippen molar-refractivity contribution in [3.63, 3.8) is 0 Å². The molecule has 1 rings (SSSR count). The summed E-state index contributed by atoms with van der Waals surface area (Å²) in [6.07, 6.45) is 4.87. The normalized spacial score (nSPS) is 14.2. The molecule has 0 aromatic heterocycles. The van der Waals surface area contributed by atoms with Crippen LogP contribution in [0.2, 0.25) is 5.02 Å². The molecular weight excluding hydrogens is 258 g/mol. The lowest BCUT2D eigenvalue weighted by molar-refractivity contribution is 0.233. The minimum atomic E-state index is -0.000468. The van der Waals surface area contributed by atoms with Crippen LogP contribution >= 0.6 is 11.6 Å². The number of nitrogens with two attached hydrogens (primary N) is 1. The van der Waals surface area contributed by atoms with Gasteiger partial charge in [-0.05, 0) is 37.0 Å². The zero-order chi connectivity index (χ0) is 14.3. The third-order valence-electron chi connectivity index (χ3n) is 3.50. The fourth-order valence-corrected chi connectivity index (χ4v) is 2.27. The molecule has 0 heterocycles. The fourth-order valence-electron chi connectivity index (χ4n) is 2.02. The van der Waals surface area contributed by atoms with Crippen molar-refractivity contribution in [2.24, 2.45) is 11.7 Å². The molecule has 0 fully saturated rings. The molecule has 3 heteroatoms. The monoisotopic (exact) mass is 283 g/mol. The second kappa shape index (κ2) is 8.44. The number of rotatable bonds is 8. The molecule has 1 aromatic carbocycles. The summed E-state index contributed by atoms with van der Waals surface area (Å²) in [5.74, 6) is 1.38. The van der Waals surface area contributed by atoms with E-state index >= 15 is 0 Å². The number of hydrogen-bond donors (Lipinski definition) is 1. The highest BCUT2D eigenvalue weighted by Crippen LogP contribution is 2.28. The number of benzene rings is 1. The Labute approximate surface area is 122 Å². The third-order valence-corrected chi connectivity index (χ3v) is 3.79. The Morgan fingerprint density at radius 2 is 2.05 bits per heavy atom. The predicted octanol–water partition coefficient (Wildman–Crippen LogP) is 4.95. The van der Waals surface area contributed by atoms with Crippen molar-refractivity contribution in [1.82, 2.24) is 0 Å². The van der Waals surface area contributed by atoms with E-state index in [1.54, 1.807) is 0 Å². The molecule has 2 N–H and O–H groups in total. The van der Waals surface area contributed by atoms with Crippen LogP contribution < -0.4 is 10.5 Å². The minimum Gasteiger partial charge on any atom is -0.492 e. The Balaban J connectivity index is 2.57. The van der Waals surface area contributed by atoms with E-state index in [1.807, 2.05) is 25.1 Å². The molecule has 0 amide bonds. The summed E-state index contributed by atoms with van der Waals surface area (Å²) in [6, 6.07) is 5.81. The van der Waals surface area contributed by atoms with Gasteiger partial charge in [0.1, 0.15) is 5.75 Å². The summed E-state index contributed by atoms with van der Waals surface area (Å²) in [5.41, 5.74) is 6.87. The molecule has 0 saturated heterocycles. The summed E-state index contributed by atoms with van der Waals surface area (Å²) in [6.45, 7) is 7.12. The molecule has 1 unspecified atom stereocenters. The summed E-state index contributed by atoms with van der Waals surface area (Å²) in [5, 5.41) is 0.653. The van der Waals surface area contributed by atoms with Crippen LogP contribution in [0, 0.1) is 5.92 Å². The second-order valence-electron chi connectivity index (χ2n) is 5.21. The van der Waals surface area contributed by atoms with E-state index in [9.17, 15) is 0 Å². The van der Waals surface area contributed by atoms with E-state index in [4.69, 9.17) is 22.1 Å². The standard InChI is InChI=1S/C16H26ClNO/c1-4-6-7-13(5-2)11-19-16-9-8-14(12(3)18)10-15(16)17/h8-10,12-13H,4-7,11,18H2,1-3H3/t12-,13?/m0/s1. The number of halogens is 1. The fraction of sp³-hybridized carbons (Fsp3) is 0.625. The van der Waals surface area contributed by atoms with Gasteiger partial charge in [-0.15, -0.1) is 0 Å². The van der Waals surface area contributed by atoms with Crippen molar-refractivity contribution in [3.8, 4) is 5.75 Å². The van der Waals surface area contributed by atoms with Gasteiger partial charge in [-0.3, -0.25) is 0 Å². The van der Waals surface area contributed by atoms with Gasteiger partial charge in [-0.25, -0.2) is 0 Å².